The molecule has 0 saturated carbocycles. The number of hydrogen-bond acceptors (Lipinski definition) is 5. The number of rotatable bonds is 5. The molecule has 1 N–H and O–H groups in total. The van der Waals surface area contributed by atoms with Gasteiger partial charge in [-0.05, 0) is 23.1 Å². The van der Waals surface area contributed by atoms with Crippen LogP contribution >= 0.6 is 0 Å². The van der Waals surface area contributed by atoms with E-state index < -0.39 is 11.5 Å². The van der Waals surface area contributed by atoms with Crippen LogP contribution in [0.15, 0.2) is 102 Å². The molecule has 0 atom stereocenters. The van der Waals surface area contributed by atoms with E-state index in [1.807, 2.05) is 72.8 Å². The number of ether oxygens (including phenoxy) is 1. The number of aromatic nitrogens is 4. The summed E-state index contributed by atoms with van der Waals surface area (Å²) in [6.45, 7) is -0.241. The fourth-order valence-electron chi connectivity index (χ4n) is 4.16. The smallest absolute Gasteiger partial charge is 0.280 e. The Balaban J connectivity index is 1.26. The van der Waals surface area contributed by atoms with E-state index in [4.69, 9.17) is 4.74 Å². The van der Waals surface area contributed by atoms with Gasteiger partial charge in [0.15, 0.2) is 12.3 Å². The van der Waals surface area contributed by atoms with E-state index in [1.165, 1.54) is 12.4 Å². The molecule has 8 nitrogen and oxygen atoms in total. The number of carbonyl (C=O) groups excluding carboxylic acids is 1. The van der Waals surface area contributed by atoms with E-state index in [9.17, 15) is 9.59 Å². The number of amides is 1. The Bertz CT molecular complexity index is 1770. The van der Waals surface area contributed by atoms with E-state index in [2.05, 4.69) is 15.5 Å². The first kappa shape index (κ1) is 20.6. The highest BCUT2D eigenvalue weighted by Crippen LogP contribution is 2.26. The van der Waals surface area contributed by atoms with Crippen molar-refractivity contribution in [3.8, 4) is 16.9 Å². The van der Waals surface area contributed by atoms with Crippen LogP contribution in [0.2, 0.25) is 0 Å². The molecule has 0 fully saturated rings. The number of nitrogens with zero attached hydrogens (tertiary/aromatic N) is 4. The molecule has 0 aliphatic heterocycles. The molecular weight excluding hydrogens is 442 g/mol. The minimum Gasteiger partial charge on any atom is -0.483 e. The first-order chi connectivity index (χ1) is 17.2. The maximum absolute atomic E-state index is 13.1. The van der Waals surface area contributed by atoms with Gasteiger partial charge in [0.2, 0.25) is 0 Å². The molecule has 0 aliphatic carbocycles. The van der Waals surface area contributed by atoms with Gasteiger partial charge in [0.05, 0.1) is 17.1 Å². The standard InChI is InChI=1S/C27H19N5O3/c33-25(17-35-24-12-6-10-18-9-4-5-11-20(18)24)30-31-14-13-23-22(27(31)34)15-28-26-21(16-29-32(23)26)19-7-2-1-3-8-19/h1-16H,17H2,(H,30,33). The summed E-state index contributed by atoms with van der Waals surface area (Å²) in [4.78, 5) is 30.1. The third-order valence-corrected chi connectivity index (χ3v) is 5.83. The molecule has 3 aromatic heterocycles. The van der Waals surface area contributed by atoms with Crippen molar-refractivity contribution in [1.82, 2.24) is 19.3 Å². The van der Waals surface area contributed by atoms with Gasteiger partial charge < -0.3 is 4.74 Å². The van der Waals surface area contributed by atoms with Gasteiger partial charge in [0.25, 0.3) is 11.5 Å². The molecule has 0 bridgehead atoms. The number of pyridine rings is 1. The highest BCUT2D eigenvalue weighted by atomic mass is 16.5. The molecule has 0 unspecified atom stereocenters. The van der Waals surface area contributed by atoms with Crippen molar-refractivity contribution in [2.75, 3.05) is 12.0 Å². The molecule has 6 rings (SSSR count). The Hall–Kier alpha value is -4.98. The molecule has 35 heavy (non-hydrogen) atoms. The van der Waals surface area contributed by atoms with Gasteiger partial charge >= 0.3 is 0 Å². The highest BCUT2D eigenvalue weighted by Gasteiger charge is 2.14. The van der Waals surface area contributed by atoms with Crippen LogP contribution in [0.4, 0.5) is 0 Å². The van der Waals surface area contributed by atoms with Crippen molar-refractivity contribution < 1.29 is 9.53 Å². The van der Waals surface area contributed by atoms with Crippen molar-refractivity contribution in [1.29, 1.82) is 0 Å². The van der Waals surface area contributed by atoms with Crippen LogP contribution in [0.25, 0.3) is 38.4 Å². The van der Waals surface area contributed by atoms with Crippen LogP contribution in [0.5, 0.6) is 5.75 Å². The zero-order valence-electron chi connectivity index (χ0n) is 18.5. The number of benzene rings is 3. The lowest BCUT2D eigenvalue weighted by Crippen LogP contribution is -2.35. The molecule has 0 saturated heterocycles. The third-order valence-electron chi connectivity index (χ3n) is 5.83. The van der Waals surface area contributed by atoms with Crippen LogP contribution in [-0.4, -0.2) is 31.8 Å². The van der Waals surface area contributed by atoms with Gasteiger partial charge in [-0.1, -0.05) is 66.7 Å². The predicted octanol–water partition coefficient (Wildman–Crippen LogP) is 4.01. The molecule has 0 spiro atoms. The summed E-state index contributed by atoms with van der Waals surface area (Å²) in [6, 6.07) is 25.0. The number of nitrogens with one attached hydrogen (secondary N) is 1. The monoisotopic (exact) mass is 461 g/mol. The van der Waals surface area contributed by atoms with Gasteiger partial charge in [0.1, 0.15) is 5.75 Å². The van der Waals surface area contributed by atoms with Gasteiger partial charge in [-0.25, -0.2) is 14.2 Å². The van der Waals surface area contributed by atoms with Crippen LogP contribution in [0.1, 0.15) is 0 Å². The van der Waals surface area contributed by atoms with Crippen molar-refractivity contribution in [2.24, 2.45) is 0 Å². The van der Waals surface area contributed by atoms with Crippen molar-refractivity contribution in [3.63, 3.8) is 0 Å². The average Bonchev–Trinajstić information content (AvgIpc) is 3.34. The van der Waals surface area contributed by atoms with Crippen LogP contribution in [0.3, 0.4) is 0 Å². The fraction of sp³-hybridized carbons (Fsp3) is 0.0370. The molecule has 3 aromatic carbocycles. The summed E-state index contributed by atoms with van der Waals surface area (Å²) in [5.74, 6) is 0.141. The van der Waals surface area contributed by atoms with E-state index in [-0.39, 0.29) is 6.61 Å². The van der Waals surface area contributed by atoms with E-state index in [1.54, 1.807) is 16.8 Å². The van der Waals surface area contributed by atoms with Gasteiger partial charge in [0, 0.05) is 23.3 Å². The quantitative estimate of drug-likeness (QED) is 0.419. The number of hydrogen-bond donors (Lipinski definition) is 1. The van der Waals surface area contributed by atoms with E-state index in [0.29, 0.717) is 22.3 Å². The Morgan fingerprint density at radius 2 is 1.69 bits per heavy atom. The summed E-state index contributed by atoms with van der Waals surface area (Å²) < 4.78 is 8.49. The first-order valence-corrected chi connectivity index (χ1v) is 11.0. The van der Waals surface area contributed by atoms with E-state index in [0.717, 1.165) is 26.6 Å². The van der Waals surface area contributed by atoms with Gasteiger partial charge in [-0.15, -0.1) is 0 Å². The summed E-state index contributed by atoms with van der Waals surface area (Å²) >= 11 is 0. The van der Waals surface area contributed by atoms with Crippen LogP contribution in [0, 0.1) is 0 Å². The fourth-order valence-corrected chi connectivity index (χ4v) is 4.16. The molecular formula is C27H19N5O3. The lowest BCUT2D eigenvalue weighted by atomic mass is 10.1. The molecule has 0 aliphatic rings. The predicted molar refractivity (Wildman–Crippen MR) is 134 cm³/mol. The SMILES string of the molecule is O=C(COc1cccc2ccccc12)Nn1ccc2c(cnc3c(-c4ccccc4)cnn32)c1=O. The topological polar surface area (TPSA) is 90.5 Å². The second kappa shape index (κ2) is 8.42. The molecule has 1 amide bonds. The third kappa shape index (κ3) is 3.67. The summed E-state index contributed by atoms with van der Waals surface area (Å²) in [7, 11) is 0. The molecule has 8 heteroatoms. The van der Waals surface area contributed by atoms with Gasteiger partial charge in [-0.2, -0.15) is 5.10 Å². The second-order valence-electron chi connectivity index (χ2n) is 8.01. The Morgan fingerprint density at radius 3 is 2.57 bits per heavy atom. The molecule has 6 aromatic rings. The average molecular weight is 461 g/mol. The van der Waals surface area contributed by atoms with Crippen molar-refractivity contribution in [3.05, 3.63) is 108 Å². The summed E-state index contributed by atoms with van der Waals surface area (Å²) in [6.07, 6.45) is 4.75. The summed E-state index contributed by atoms with van der Waals surface area (Å²) in [5.41, 5.74) is 5.27. The highest BCUT2D eigenvalue weighted by molar-refractivity contribution is 5.90. The largest absolute Gasteiger partial charge is 0.483 e. The summed E-state index contributed by atoms with van der Waals surface area (Å²) in [5, 5.41) is 6.70. The van der Waals surface area contributed by atoms with Crippen LogP contribution < -0.4 is 15.7 Å². The normalized spacial score (nSPS) is 11.2. The first-order valence-electron chi connectivity index (χ1n) is 11.0. The van der Waals surface area contributed by atoms with Crippen molar-refractivity contribution in [2.45, 2.75) is 0 Å². The lowest BCUT2D eigenvalue weighted by molar-refractivity contribution is -0.119. The number of fused-ring (bicyclic) bond motifs is 4. The Labute approximate surface area is 199 Å². The van der Waals surface area contributed by atoms with Crippen LogP contribution in [-0.2, 0) is 4.79 Å². The molecule has 170 valence electrons. The minimum absolute atomic E-state index is 0.241. The van der Waals surface area contributed by atoms with Gasteiger partial charge in [-0.3, -0.25) is 15.0 Å². The Morgan fingerprint density at radius 1 is 0.886 bits per heavy atom. The maximum Gasteiger partial charge on any atom is 0.280 e. The lowest BCUT2D eigenvalue weighted by Gasteiger charge is -2.12. The number of carbonyl (C=O) groups is 1. The van der Waals surface area contributed by atoms with E-state index >= 15 is 0 Å². The minimum atomic E-state index is -0.459. The zero-order valence-corrected chi connectivity index (χ0v) is 18.5. The second-order valence-corrected chi connectivity index (χ2v) is 8.01. The van der Waals surface area contributed by atoms with Crippen molar-refractivity contribution >= 4 is 33.2 Å². The molecule has 3 heterocycles. The Kier molecular flexibility index (Phi) is 4.96. The zero-order chi connectivity index (χ0) is 23.8. The molecule has 0 radical (unpaired) electrons. The maximum atomic E-state index is 13.1.